The molecule has 0 bridgehead atoms. The summed E-state index contributed by atoms with van der Waals surface area (Å²) in [7, 11) is 0. The summed E-state index contributed by atoms with van der Waals surface area (Å²) < 4.78 is 1.16. The second kappa shape index (κ2) is 5.22. The summed E-state index contributed by atoms with van der Waals surface area (Å²) in [6.07, 6.45) is 7.02. The Balaban J connectivity index is 1.79. The second-order valence-electron chi connectivity index (χ2n) is 5.68. The van der Waals surface area contributed by atoms with Crippen LogP contribution >= 0.6 is 15.9 Å². The van der Waals surface area contributed by atoms with Crippen LogP contribution < -0.4 is 5.73 Å². The van der Waals surface area contributed by atoms with Gasteiger partial charge in [0.2, 0.25) is 0 Å². The van der Waals surface area contributed by atoms with Crippen LogP contribution in [0.4, 0.5) is 5.69 Å². The van der Waals surface area contributed by atoms with E-state index in [0.717, 1.165) is 28.7 Å². The van der Waals surface area contributed by atoms with E-state index in [4.69, 9.17) is 5.73 Å². The van der Waals surface area contributed by atoms with Gasteiger partial charge >= 0.3 is 0 Å². The highest BCUT2D eigenvalue weighted by atomic mass is 79.9. The first-order chi connectivity index (χ1) is 8.75. The summed E-state index contributed by atoms with van der Waals surface area (Å²) in [6, 6.07) is 6.93. The lowest BCUT2D eigenvalue weighted by molar-refractivity contribution is 0.106. The maximum Gasteiger partial charge on any atom is 0.0371 e. The monoisotopic (exact) mass is 308 g/mol. The predicted octanol–water partition coefficient (Wildman–Crippen LogP) is 3.80. The van der Waals surface area contributed by atoms with Crippen LogP contribution in [0, 0.1) is 5.92 Å². The summed E-state index contributed by atoms with van der Waals surface area (Å²) in [4.78, 5) is 2.66. The van der Waals surface area contributed by atoms with Gasteiger partial charge in [-0.1, -0.05) is 28.4 Å². The molecule has 1 aromatic carbocycles. The molecular weight excluding hydrogens is 288 g/mol. The fourth-order valence-electron chi connectivity index (χ4n) is 3.70. The molecule has 1 saturated carbocycles. The van der Waals surface area contributed by atoms with E-state index < -0.39 is 0 Å². The van der Waals surface area contributed by atoms with Crippen LogP contribution in [-0.2, 0) is 6.54 Å². The average molecular weight is 309 g/mol. The number of fused-ring (bicyclic) bond motifs is 1. The van der Waals surface area contributed by atoms with Gasteiger partial charge in [-0.25, -0.2) is 0 Å². The smallest absolute Gasteiger partial charge is 0.0371 e. The number of rotatable bonds is 2. The third-order valence-electron chi connectivity index (χ3n) is 4.62. The Kier molecular flexibility index (Phi) is 3.62. The number of hydrogen-bond donors (Lipinski definition) is 1. The number of nitrogens with two attached hydrogens (primary N) is 1. The van der Waals surface area contributed by atoms with E-state index in [1.54, 1.807) is 0 Å². The van der Waals surface area contributed by atoms with Crippen LogP contribution in [0.3, 0.4) is 0 Å². The molecule has 0 spiro atoms. The Labute approximate surface area is 118 Å². The third-order valence-corrected chi connectivity index (χ3v) is 5.37. The Morgan fingerprint density at radius 1 is 1.22 bits per heavy atom. The number of nitrogen functional groups attached to an aromatic ring is 1. The molecule has 2 nitrogen and oxygen atoms in total. The lowest BCUT2D eigenvalue weighted by Crippen LogP contribution is -2.42. The number of halogens is 1. The molecule has 18 heavy (non-hydrogen) atoms. The first-order valence-electron chi connectivity index (χ1n) is 7.02. The van der Waals surface area contributed by atoms with E-state index in [2.05, 4.69) is 26.9 Å². The van der Waals surface area contributed by atoms with Gasteiger partial charge in [0.15, 0.2) is 0 Å². The van der Waals surface area contributed by atoms with E-state index in [-0.39, 0.29) is 0 Å². The van der Waals surface area contributed by atoms with Gasteiger partial charge < -0.3 is 5.73 Å². The van der Waals surface area contributed by atoms with Crippen LogP contribution in [0.1, 0.15) is 37.7 Å². The van der Waals surface area contributed by atoms with Crippen molar-refractivity contribution in [3.8, 4) is 0 Å². The van der Waals surface area contributed by atoms with Crippen LogP contribution in [0.25, 0.3) is 0 Å². The van der Waals surface area contributed by atoms with Gasteiger partial charge in [-0.3, -0.25) is 4.90 Å². The molecule has 2 atom stereocenters. The molecule has 2 unspecified atom stereocenters. The third kappa shape index (κ3) is 2.30. The number of anilines is 1. The molecule has 1 heterocycles. The SMILES string of the molecule is Nc1cccc(Br)c1CN1CCCC2CCCC21. The zero-order valence-electron chi connectivity index (χ0n) is 10.7. The Bertz CT molecular complexity index is 412. The Morgan fingerprint density at radius 2 is 2.06 bits per heavy atom. The van der Waals surface area contributed by atoms with Crippen molar-refractivity contribution in [2.75, 3.05) is 12.3 Å². The molecule has 1 aliphatic carbocycles. The Hall–Kier alpha value is -0.540. The fraction of sp³-hybridized carbons (Fsp3) is 0.600. The summed E-state index contributed by atoms with van der Waals surface area (Å²) >= 11 is 3.64. The summed E-state index contributed by atoms with van der Waals surface area (Å²) in [5.74, 6) is 0.947. The minimum atomic E-state index is 0.810. The van der Waals surface area contributed by atoms with Crippen LogP contribution in [0.2, 0.25) is 0 Å². The van der Waals surface area contributed by atoms with Crippen molar-refractivity contribution in [1.82, 2.24) is 4.90 Å². The topological polar surface area (TPSA) is 29.3 Å². The van der Waals surface area contributed by atoms with E-state index >= 15 is 0 Å². The number of piperidine rings is 1. The van der Waals surface area contributed by atoms with Crippen molar-refractivity contribution in [2.24, 2.45) is 5.92 Å². The van der Waals surface area contributed by atoms with Crippen molar-refractivity contribution in [1.29, 1.82) is 0 Å². The molecule has 2 N–H and O–H groups in total. The molecule has 98 valence electrons. The molecule has 3 rings (SSSR count). The van der Waals surface area contributed by atoms with Crippen LogP contribution in [-0.4, -0.2) is 17.5 Å². The van der Waals surface area contributed by atoms with Gasteiger partial charge in [0.1, 0.15) is 0 Å². The first kappa shape index (κ1) is 12.5. The molecule has 0 aromatic heterocycles. The summed E-state index contributed by atoms with van der Waals surface area (Å²) in [5, 5.41) is 0. The zero-order valence-corrected chi connectivity index (χ0v) is 12.3. The van der Waals surface area contributed by atoms with E-state index in [1.165, 1.54) is 44.2 Å². The maximum absolute atomic E-state index is 6.12. The highest BCUT2D eigenvalue weighted by molar-refractivity contribution is 9.10. The van der Waals surface area contributed by atoms with Gasteiger partial charge in [-0.2, -0.15) is 0 Å². The fourth-order valence-corrected chi connectivity index (χ4v) is 4.21. The minimum Gasteiger partial charge on any atom is -0.398 e. The van der Waals surface area contributed by atoms with Gasteiger partial charge in [-0.05, 0) is 50.3 Å². The standard InChI is InChI=1S/C15H21BrN2/c16-13-6-2-7-14(17)12(13)10-18-9-3-5-11-4-1-8-15(11)18/h2,6-7,11,15H,1,3-5,8-10,17H2. The molecule has 1 aliphatic heterocycles. The quantitative estimate of drug-likeness (QED) is 0.842. The molecule has 2 aliphatic rings. The lowest BCUT2D eigenvalue weighted by atomic mass is 9.91. The largest absolute Gasteiger partial charge is 0.398 e. The highest BCUT2D eigenvalue weighted by Gasteiger charge is 2.35. The number of benzene rings is 1. The Morgan fingerprint density at radius 3 is 2.89 bits per heavy atom. The first-order valence-corrected chi connectivity index (χ1v) is 7.82. The summed E-state index contributed by atoms with van der Waals surface area (Å²) in [5.41, 5.74) is 8.31. The average Bonchev–Trinajstić information content (AvgIpc) is 2.83. The number of likely N-dealkylation sites (tertiary alicyclic amines) is 1. The van der Waals surface area contributed by atoms with Crippen molar-refractivity contribution < 1.29 is 0 Å². The zero-order chi connectivity index (χ0) is 12.5. The molecule has 2 fully saturated rings. The van der Waals surface area contributed by atoms with Crippen molar-refractivity contribution in [3.05, 3.63) is 28.2 Å². The van der Waals surface area contributed by atoms with Crippen molar-refractivity contribution in [3.63, 3.8) is 0 Å². The summed E-state index contributed by atoms with van der Waals surface area (Å²) in [6.45, 7) is 2.25. The van der Waals surface area contributed by atoms with Crippen LogP contribution in [0.15, 0.2) is 22.7 Å². The second-order valence-corrected chi connectivity index (χ2v) is 6.53. The lowest BCUT2D eigenvalue weighted by Gasteiger charge is -2.38. The van der Waals surface area contributed by atoms with Crippen molar-refractivity contribution in [2.45, 2.75) is 44.7 Å². The molecule has 3 heteroatoms. The maximum atomic E-state index is 6.12. The van der Waals surface area contributed by atoms with Gasteiger partial charge in [-0.15, -0.1) is 0 Å². The number of nitrogens with zero attached hydrogens (tertiary/aromatic N) is 1. The van der Waals surface area contributed by atoms with Crippen LogP contribution in [0.5, 0.6) is 0 Å². The van der Waals surface area contributed by atoms with Gasteiger partial charge in [0.25, 0.3) is 0 Å². The highest BCUT2D eigenvalue weighted by Crippen LogP contribution is 2.38. The van der Waals surface area contributed by atoms with Gasteiger partial charge in [0.05, 0.1) is 0 Å². The van der Waals surface area contributed by atoms with E-state index in [0.29, 0.717) is 0 Å². The molecule has 0 amide bonds. The van der Waals surface area contributed by atoms with E-state index in [9.17, 15) is 0 Å². The predicted molar refractivity (Wildman–Crippen MR) is 79.3 cm³/mol. The molecular formula is C15H21BrN2. The molecule has 1 aromatic rings. The number of hydrogen-bond acceptors (Lipinski definition) is 2. The molecule has 1 saturated heterocycles. The van der Waals surface area contributed by atoms with E-state index in [1.807, 2.05) is 12.1 Å². The molecule has 0 radical (unpaired) electrons. The van der Waals surface area contributed by atoms with Gasteiger partial charge in [0, 0.05) is 28.3 Å². The minimum absolute atomic E-state index is 0.810. The normalized spacial score (nSPS) is 28.3. The van der Waals surface area contributed by atoms with Crippen molar-refractivity contribution >= 4 is 21.6 Å².